The van der Waals surface area contributed by atoms with E-state index in [9.17, 15) is 14.9 Å². The fourth-order valence-electron chi connectivity index (χ4n) is 2.78. The van der Waals surface area contributed by atoms with Crippen LogP contribution in [0.25, 0.3) is 0 Å². The maximum absolute atomic E-state index is 12.5. The molecular formula is C18H21ClN4O2. The second-order valence-electron chi connectivity index (χ2n) is 6.05. The summed E-state index contributed by atoms with van der Waals surface area (Å²) in [6.07, 6.45) is 1.39. The number of nitrogens with zero attached hydrogens (tertiary/aromatic N) is 3. The van der Waals surface area contributed by atoms with E-state index in [2.05, 4.69) is 5.32 Å². The number of carbonyl (C=O) groups is 2. The summed E-state index contributed by atoms with van der Waals surface area (Å²) >= 11 is 6.23. The van der Waals surface area contributed by atoms with Gasteiger partial charge in [-0.1, -0.05) is 17.7 Å². The van der Waals surface area contributed by atoms with E-state index in [-0.39, 0.29) is 17.4 Å². The van der Waals surface area contributed by atoms with E-state index >= 15 is 0 Å². The summed E-state index contributed by atoms with van der Waals surface area (Å²) in [5.74, 6) is -0.353. The fourth-order valence-corrected chi connectivity index (χ4v) is 3.16. The van der Waals surface area contributed by atoms with E-state index in [0.29, 0.717) is 36.9 Å². The molecule has 0 aliphatic carbocycles. The second-order valence-corrected chi connectivity index (χ2v) is 6.46. The van der Waals surface area contributed by atoms with Gasteiger partial charge in [-0.25, -0.2) is 0 Å². The summed E-state index contributed by atoms with van der Waals surface area (Å²) in [5.41, 5.74) is 2.65. The molecule has 2 amide bonds. The molecule has 0 aromatic heterocycles. The van der Waals surface area contributed by atoms with Crippen LogP contribution in [0.5, 0.6) is 0 Å². The average molecular weight is 361 g/mol. The number of piperazine rings is 1. The highest BCUT2D eigenvalue weighted by molar-refractivity contribution is 6.33. The standard InChI is InChI=1S/C18H21ClN4O2/c1-12-8-13(2)17(16(19)9-12)21-11-15(10-20)18(25)23-6-4-22(5-7-23)14(3)24/h8-9,11,21H,4-7H2,1-3H3/b15-11-. The Labute approximate surface area is 152 Å². The summed E-state index contributed by atoms with van der Waals surface area (Å²) < 4.78 is 0. The molecular weight excluding hydrogens is 340 g/mol. The van der Waals surface area contributed by atoms with Gasteiger partial charge in [-0.15, -0.1) is 0 Å². The molecule has 0 spiro atoms. The molecule has 0 bridgehead atoms. The van der Waals surface area contributed by atoms with Gasteiger partial charge in [-0.3, -0.25) is 9.59 Å². The van der Waals surface area contributed by atoms with Crippen LogP contribution in [0.1, 0.15) is 18.1 Å². The molecule has 0 saturated carbocycles. The zero-order valence-corrected chi connectivity index (χ0v) is 15.4. The van der Waals surface area contributed by atoms with Crippen LogP contribution >= 0.6 is 11.6 Å². The van der Waals surface area contributed by atoms with Gasteiger partial charge in [0.15, 0.2) is 0 Å². The Morgan fingerprint density at radius 1 is 1.20 bits per heavy atom. The molecule has 1 N–H and O–H groups in total. The monoisotopic (exact) mass is 360 g/mol. The van der Waals surface area contributed by atoms with E-state index in [1.54, 1.807) is 9.80 Å². The zero-order chi connectivity index (χ0) is 18.6. The van der Waals surface area contributed by atoms with Gasteiger partial charge in [0.25, 0.3) is 5.91 Å². The lowest BCUT2D eigenvalue weighted by Gasteiger charge is -2.34. The number of hydrogen-bond donors (Lipinski definition) is 1. The Hall–Kier alpha value is -2.52. The number of amides is 2. The van der Waals surface area contributed by atoms with Crippen molar-refractivity contribution in [1.82, 2.24) is 9.80 Å². The van der Waals surface area contributed by atoms with Crippen molar-refractivity contribution in [3.8, 4) is 6.07 Å². The maximum Gasteiger partial charge on any atom is 0.266 e. The van der Waals surface area contributed by atoms with E-state index in [1.165, 1.54) is 13.1 Å². The first-order valence-electron chi connectivity index (χ1n) is 8.02. The minimum atomic E-state index is -0.348. The highest BCUT2D eigenvalue weighted by Gasteiger charge is 2.24. The predicted molar refractivity (Wildman–Crippen MR) is 97.1 cm³/mol. The number of hydrogen-bond acceptors (Lipinski definition) is 4. The first-order valence-corrected chi connectivity index (χ1v) is 8.39. The highest BCUT2D eigenvalue weighted by atomic mass is 35.5. The molecule has 25 heavy (non-hydrogen) atoms. The third-order valence-corrected chi connectivity index (χ3v) is 4.45. The van der Waals surface area contributed by atoms with Crippen LogP contribution in [-0.4, -0.2) is 47.8 Å². The van der Waals surface area contributed by atoms with Crippen molar-refractivity contribution < 1.29 is 9.59 Å². The van der Waals surface area contributed by atoms with Crippen LogP contribution in [-0.2, 0) is 9.59 Å². The van der Waals surface area contributed by atoms with Gasteiger partial charge in [-0.2, -0.15) is 5.26 Å². The largest absolute Gasteiger partial charge is 0.359 e. The lowest BCUT2D eigenvalue weighted by molar-refractivity contribution is -0.136. The van der Waals surface area contributed by atoms with Crippen molar-refractivity contribution in [3.63, 3.8) is 0 Å². The lowest BCUT2D eigenvalue weighted by atomic mass is 10.1. The smallest absolute Gasteiger partial charge is 0.266 e. The number of aryl methyl sites for hydroxylation is 2. The number of halogens is 1. The number of benzene rings is 1. The number of nitrogens with one attached hydrogen (secondary N) is 1. The molecule has 7 heteroatoms. The van der Waals surface area contributed by atoms with Gasteiger partial charge in [0.2, 0.25) is 5.91 Å². The third-order valence-electron chi connectivity index (χ3n) is 4.16. The van der Waals surface area contributed by atoms with Crippen molar-refractivity contribution in [3.05, 3.63) is 40.1 Å². The number of carbonyl (C=O) groups excluding carboxylic acids is 2. The molecule has 1 aromatic carbocycles. The van der Waals surface area contributed by atoms with E-state index in [4.69, 9.17) is 11.6 Å². The van der Waals surface area contributed by atoms with Crippen LogP contribution in [0.3, 0.4) is 0 Å². The third kappa shape index (κ3) is 4.52. The van der Waals surface area contributed by atoms with Crippen LogP contribution in [0.15, 0.2) is 23.9 Å². The van der Waals surface area contributed by atoms with Crippen molar-refractivity contribution in [2.45, 2.75) is 20.8 Å². The van der Waals surface area contributed by atoms with Crippen molar-refractivity contribution in [2.75, 3.05) is 31.5 Å². The Bertz CT molecular complexity index is 736. The summed E-state index contributed by atoms with van der Waals surface area (Å²) in [6, 6.07) is 5.73. The Morgan fingerprint density at radius 3 is 2.32 bits per heavy atom. The number of rotatable bonds is 3. The Morgan fingerprint density at radius 2 is 1.80 bits per heavy atom. The first kappa shape index (κ1) is 18.8. The van der Waals surface area contributed by atoms with Gasteiger partial charge >= 0.3 is 0 Å². The summed E-state index contributed by atoms with van der Waals surface area (Å²) in [7, 11) is 0. The molecule has 2 rings (SSSR count). The molecule has 0 atom stereocenters. The molecule has 1 aliphatic rings. The molecule has 0 unspecified atom stereocenters. The Kier molecular flexibility index (Phi) is 6.05. The van der Waals surface area contributed by atoms with Crippen molar-refractivity contribution in [2.24, 2.45) is 0 Å². The molecule has 1 saturated heterocycles. The molecule has 0 radical (unpaired) electrons. The molecule has 6 nitrogen and oxygen atoms in total. The van der Waals surface area contributed by atoms with Gasteiger partial charge in [0.1, 0.15) is 11.6 Å². The zero-order valence-electron chi connectivity index (χ0n) is 14.6. The van der Waals surface area contributed by atoms with Crippen LogP contribution in [0.2, 0.25) is 5.02 Å². The van der Waals surface area contributed by atoms with Crippen molar-refractivity contribution >= 4 is 29.1 Å². The lowest BCUT2D eigenvalue weighted by Crippen LogP contribution is -2.50. The highest BCUT2D eigenvalue weighted by Crippen LogP contribution is 2.27. The second kappa shape index (κ2) is 8.04. The van der Waals surface area contributed by atoms with Gasteiger partial charge in [0.05, 0.1) is 10.7 Å². The fraction of sp³-hybridized carbons (Fsp3) is 0.389. The van der Waals surface area contributed by atoms with Crippen LogP contribution in [0, 0.1) is 25.2 Å². The maximum atomic E-state index is 12.5. The molecule has 1 heterocycles. The minimum Gasteiger partial charge on any atom is -0.359 e. The normalized spacial score (nSPS) is 14.9. The van der Waals surface area contributed by atoms with Crippen LogP contribution < -0.4 is 5.32 Å². The van der Waals surface area contributed by atoms with E-state index < -0.39 is 0 Å². The van der Waals surface area contributed by atoms with Crippen LogP contribution in [0.4, 0.5) is 5.69 Å². The topological polar surface area (TPSA) is 76.4 Å². The molecule has 132 valence electrons. The first-order chi connectivity index (χ1) is 11.8. The summed E-state index contributed by atoms with van der Waals surface area (Å²) in [6.45, 7) is 7.17. The molecule has 1 fully saturated rings. The van der Waals surface area contributed by atoms with E-state index in [0.717, 1.165) is 11.1 Å². The number of anilines is 1. The van der Waals surface area contributed by atoms with Gasteiger partial charge in [-0.05, 0) is 31.0 Å². The predicted octanol–water partition coefficient (Wildman–Crippen LogP) is 2.47. The molecule has 1 aliphatic heterocycles. The average Bonchev–Trinajstić information content (AvgIpc) is 2.57. The van der Waals surface area contributed by atoms with Gasteiger partial charge in [0, 0.05) is 39.3 Å². The van der Waals surface area contributed by atoms with Crippen molar-refractivity contribution in [1.29, 1.82) is 5.26 Å². The number of nitriles is 1. The molecule has 1 aromatic rings. The van der Waals surface area contributed by atoms with Gasteiger partial charge < -0.3 is 15.1 Å². The quantitative estimate of drug-likeness (QED) is 0.663. The summed E-state index contributed by atoms with van der Waals surface area (Å²) in [5, 5.41) is 12.8. The van der Waals surface area contributed by atoms with E-state index in [1.807, 2.05) is 32.0 Å². The Balaban J connectivity index is 2.10. The summed E-state index contributed by atoms with van der Waals surface area (Å²) in [4.78, 5) is 27.1. The minimum absolute atomic E-state index is 0.00528. The SMILES string of the molecule is CC(=O)N1CCN(C(=O)/C(C#N)=C\Nc2c(C)cc(C)cc2Cl)CC1.